The minimum atomic E-state index is 0.262. The molecule has 1 fully saturated rings. The van der Waals surface area contributed by atoms with E-state index in [0.717, 1.165) is 43.5 Å². The molecule has 3 rings (SSSR count). The van der Waals surface area contributed by atoms with E-state index < -0.39 is 0 Å². The van der Waals surface area contributed by atoms with Crippen molar-refractivity contribution >= 4 is 23.2 Å². The second-order valence-electron chi connectivity index (χ2n) is 6.32. The van der Waals surface area contributed by atoms with Crippen LogP contribution in [-0.2, 0) is 6.54 Å². The Hall–Kier alpha value is -2.48. The first-order chi connectivity index (χ1) is 13.1. The van der Waals surface area contributed by atoms with Crippen molar-refractivity contribution in [3.8, 4) is 5.75 Å². The fourth-order valence-corrected chi connectivity index (χ4v) is 3.24. The van der Waals surface area contributed by atoms with Gasteiger partial charge in [-0.2, -0.15) is 4.98 Å². The highest BCUT2D eigenvalue weighted by molar-refractivity contribution is 6.30. The number of nitrogens with zero attached hydrogens (tertiary/aromatic N) is 4. The summed E-state index contributed by atoms with van der Waals surface area (Å²) in [5.74, 6) is 2.68. The number of nitrogens with one attached hydrogen (secondary N) is 2. The summed E-state index contributed by atoms with van der Waals surface area (Å²) in [7, 11) is 1.67. The van der Waals surface area contributed by atoms with Gasteiger partial charge in [-0.1, -0.05) is 16.8 Å². The lowest BCUT2D eigenvalue weighted by Gasteiger charge is -2.22. The predicted octanol–water partition coefficient (Wildman–Crippen LogP) is 2.37. The van der Waals surface area contributed by atoms with Gasteiger partial charge in [0.1, 0.15) is 12.3 Å². The van der Waals surface area contributed by atoms with Crippen molar-refractivity contribution in [2.45, 2.75) is 32.9 Å². The third-order valence-corrected chi connectivity index (χ3v) is 4.54. The SMILES string of the molecule is CCNC(=NCc1noc(C)n1)NC1CCN(c2cc(Cl)ccc2OC)C1. The zero-order valence-corrected chi connectivity index (χ0v) is 16.6. The highest BCUT2D eigenvalue weighted by Crippen LogP contribution is 2.33. The molecule has 146 valence electrons. The van der Waals surface area contributed by atoms with Gasteiger partial charge in [-0.25, -0.2) is 4.99 Å². The number of aliphatic imine (C=N–C) groups is 1. The monoisotopic (exact) mass is 392 g/mol. The van der Waals surface area contributed by atoms with Gasteiger partial charge in [-0.3, -0.25) is 0 Å². The summed E-state index contributed by atoms with van der Waals surface area (Å²) >= 11 is 6.17. The van der Waals surface area contributed by atoms with E-state index in [1.807, 2.05) is 25.1 Å². The largest absolute Gasteiger partial charge is 0.495 e. The molecule has 1 aromatic heterocycles. The lowest BCUT2D eigenvalue weighted by molar-refractivity contribution is 0.387. The number of rotatable bonds is 6. The van der Waals surface area contributed by atoms with Gasteiger partial charge in [-0.15, -0.1) is 0 Å². The van der Waals surface area contributed by atoms with E-state index in [1.54, 1.807) is 14.0 Å². The number of halogens is 1. The average molecular weight is 393 g/mol. The average Bonchev–Trinajstić information content (AvgIpc) is 3.29. The van der Waals surface area contributed by atoms with Crippen LogP contribution in [0.25, 0.3) is 0 Å². The van der Waals surface area contributed by atoms with E-state index in [0.29, 0.717) is 23.3 Å². The van der Waals surface area contributed by atoms with Crippen molar-refractivity contribution in [3.05, 3.63) is 34.9 Å². The summed E-state index contributed by atoms with van der Waals surface area (Å²) in [5.41, 5.74) is 1.01. The number of ether oxygens (including phenoxy) is 1. The van der Waals surface area contributed by atoms with Gasteiger partial charge in [0.15, 0.2) is 11.8 Å². The topological polar surface area (TPSA) is 87.8 Å². The van der Waals surface area contributed by atoms with Gasteiger partial charge >= 0.3 is 0 Å². The number of hydrogen-bond acceptors (Lipinski definition) is 6. The number of aromatic nitrogens is 2. The molecule has 1 saturated heterocycles. The molecule has 1 aliphatic heterocycles. The summed E-state index contributed by atoms with van der Waals surface area (Å²) in [6.07, 6.45) is 0.988. The Balaban J connectivity index is 1.64. The van der Waals surface area contributed by atoms with Crippen molar-refractivity contribution in [2.24, 2.45) is 4.99 Å². The van der Waals surface area contributed by atoms with Crippen LogP contribution in [0.1, 0.15) is 25.1 Å². The van der Waals surface area contributed by atoms with E-state index in [4.69, 9.17) is 20.9 Å². The van der Waals surface area contributed by atoms with Crippen molar-refractivity contribution in [3.63, 3.8) is 0 Å². The lowest BCUT2D eigenvalue weighted by atomic mass is 10.2. The highest BCUT2D eigenvalue weighted by atomic mass is 35.5. The second-order valence-corrected chi connectivity index (χ2v) is 6.75. The Labute approximate surface area is 163 Å². The van der Waals surface area contributed by atoms with Gasteiger partial charge in [0.25, 0.3) is 0 Å². The van der Waals surface area contributed by atoms with Crippen LogP contribution in [0.4, 0.5) is 5.69 Å². The summed E-state index contributed by atoms with van der Waals surface area (Å²) in [6.45, 7) is 6.69. The van der Waals surface area contributed by atoms with Crippen molar-refractivity contribution < 1.29 is 9.26 Å². The third-order valence-electron chi connectivity index (χ3n) is 4.30. The first-order valence-electron chi connectivity index (χ1n) is 9.01. The van der Waals surface area contributed by atoms with Gasteiger partial charge in [-0.05, 0) is 31.5 Å². The molecule has 0 amide bonds. The fourth-order valence-electron chi connectivity index (χ4n) is 3.08. The predicted molar refractivity (Wildman–Crippen MR) is 106 cm³/mol. The molecular formula is C18H25ClN6O2. The molecule has 2 N–H and O–H groups in total. The van der Waals surface area contributed by atoms with Crippen LogP contribution in [0.2, 0.25) is 5.02 Å². The molecule has 1 atom stereocenters. The van der Waals surface area contributed by atoms with Crippen LogP contribution < -0.4 is 20.3 Å². The molecule has 2 heterocycles. The molecule has 1 aromatic carbocycles. The van der Waals surface area contributed by atoms with Gasteiger partial charge in [0, 0.05) is 37.6 Å². The zero-order chi connectivity index (χ0) is 19.2. The Bertz CT molecular complexity index is 794. The van der Waals surface area contributed by atoms with Gasteiger partial charge in [0.05, 0.1) is 12.8 Å². The van der Waals surface area contributed by atoms with Crippen molar-refractivity contribution in [2.75, 3.05) is 31.6 Å². The number of guanidine groups is 1. The fraction of sp³-hybridized carbons (Fsp3) is 0.500. The number of aryl methyl sites for hydroxylation is 1. The minimum absolute atomic E-state index is 0.262. The highest BCUT2D eigenvalue weighted by Gasteiger charge is 2.25. The van der Waals surface area contributed by atoms with Crippen molar-refractivity contribution in [1.82, 2.24) is 20.8 Å². The number of benzene rings is 1. The van der Waals surface area contributed by atoms with E-state index in [9.17, 15) is 0 Å². The van der Waals surface area contributed by atoms with Gasteiger partial charge in [0.2, 0.25) is 5.89 Å². The summed E-state index contributed by atoms with van der Waals surface area (Å²) in [4.78, 5) is 11.0. The summed E-state index contributed by atoms with van der Waals surface area (Å²) in [5, 5.41) is 11.3. The molecule has 1 unspecified atom stereocenters. The van der Waals surface area contributed by atoms with E-state index in [-0.39, 0.29) is 6.04 Å². The maximum atomic E-state index is 6.17. The minimum Gasteiger partial charge on any atom is -0.495 e. The summed E-state index contributed by atoms with van der Waals surface area (Å²) < 4.78 is 10.5. The van der Waals surface area contributed by atoms with Crippen LogP contribution in [-0.4, -0.2) is 48.9 Å². The summed E-state index contributed by atoms with van der Waals surface area (Å²) in [6, 6.07) is 5.95. The first-order valence-corrected chi connectivity index (χ1v) is 9.39. The molecule has 0 saturated carbocycles. The van der Waals surface area contributed by atoms with E-state index in [1.165, 1.54) is 0 Å². The molecule has 2 aromatic rings. The lowest BCUT2D eigenvalue weighted by Crippen LogP contribution is -2.44. The quantitative estimate of drug-likeness (QED) is 0.576. The Morgan fingerprint density at radius 2 is 2.33 bits per heavy atom. The smallest absolute Gasteiger partial charge is 0.223 e. The maximum Gasteiger partial charge on any atom is 0.223 e. The van der Waals surface area contributed by atoms with Crippen LogP contribution in [0.3, 0.4) is 0 Å². The number of hydrogen-bond donors (Lipinski definition) is 2. The molecule has 0 bridgehead atoms. The Morgan fingerprint density at radius 1 is 1.48 bits per heavy atom. The van der Waals surface area contributed by atoms with E-state index >= 15 is 0 Å². The van der Waals surface area contributed by atoms with Crippen LogP contribution in [0.15, 0.2) is 27.7 Å². The van der Waals surface area contributed by atoms with E-state index in [2.05, 4.69) is 30.7 Å². The van der Waals surface area contributed by atoms with Crippen LogP contribution in [0, 0.1) is 6.92 Å². The first kappa shape index (κ1) is 19.3. The zero-order valence-electron chi connectivity index (χ0n) is 15.8. The Morgan fingerprint density at radius 3 is 3.04 bits per heavy atom. The standard InChI is InChI=1S/C18H25ClN6O2/c1-4-20-18(21-10-17-22-12(2)27-24-17)23-14-7-8-25(11-14)15-9-13(19)5-6-16(15)26-3/h5-6,9,14H,4,7-8,10-11H2,1-3H3,(H2,20,21,23). The molecule has 0 spiro atoms. The molecule has 0 aliphatic carbocycles. The van der Waals surface area contributed by atoms with Gasteiger partial charge < -0.3 is 24.8 Å². The molecule has 9 heteroatoms. The number of methoxy groups -OCH3 is 1. The molecule has 1 aliphatic rings. The molecular weight excluding hydrogens is 368 g/mol. The molecule has 27 heavy (non-hydrogen) atoms. The second kappa shape index (κ2) is 8.94. The molecule has 0 radical (unpaired) electrons. The van der Waals surface area contributed by atoms with Crippen LogP contribution in [0.5, 0.6) is 5.75 Å². The number of anilines is 1. The van der Waals surface area contributed by atoms with Crippen molar-refractivity contribution in [1.29, 1.82) is 0 Å². The maximum absolute atomic E-state index is 6.17. The van der Waals surface area contributed by atoms with Crippen LogP contribution >= 0.6 is 11.6 Å². The molecule has 8 nitrogen and oxygen atoms in total. The Kier molecular flexibility index (Phi) is 6.39. The third kappa shape index (κ3) is 5.03. The normalized spacial score (nSPS) is 17.3.